The number of thioether (sulfide) groups is 1. The highest BCUT2D eigenvalue weighted by atomic mass is 32.2. The van der Waals surface area contributed by atoms with E-state index in [4.69, 9.17) is 12.2 Å². The van der Waals surface area contributed by atoms with Gasteiger partial charge in [0.25, 0.3) is 0 Å². The molecule has 0 fully saturated rings. The van der Waals surface area contributed by atoms with Crippen LogP contribution in [0.1, 0.15) is 12.0 Å². The van der Waals surface area contributed by atoms with Crippen LogP contribution in [0.15, 0.2) is 29.3 Å². The summed E-state index contributed by atoms with van der Waals surface area (Å²) in [6, 6.07) is 5.03. The Labute approximate surface area is 112 Å². The molecule has 0 aliphatic carbocycles. The molecule has 0 bridgehead atoms. The van der Waals surface area contributed by atoms with Crippen LogP contribution in [0.25, 0.3) is 0 Å². The zero-order valence-corrected chi connectivity index (χ0v) is 10.8. The van der Waals surface area contributed by atoms with E-state index < -0.39 is 11.7 Å². The molecule has 2 rings (SSSR count). The average molecular weight is 290 g/mol. The van der Waals surface area contributed by atoms with Gasteiger partial charge < -0.3 is 5.32 Å². The monoisotopic (exact) mass is 290 g/mol. The van der Waals surface area contributed by atoms with Gasteiger partial charge in [-0.3, -0.25) is 0 Å². The maximum atomic E-state index is 12.5. The molecule has 0 atom stereocenters. The lowest BCUT2D eigenvalue weighted by atomic mass is 10.2. The van der Waals surface area contributed by atoms with Gasteiger partial charge in [-0.05, 0) is 18.2 Å². The molecule has 1 N–H and O–H groups in total. The van der Waals surface area contributed by atoms with Crippen molar-refractivity contribution in [2.24, 2.45) is 4.99 Å². The minimum atomic E-state index is -4.34. The van der Waals surface area contributed by atoms with Crippen molar-refractivity contribution in [3.05, 3.63) is 29.8 Å². The maximum absolute atomic E-state index is 12.5. The summed E-state index contributed by atoms with van der Waals surface area (Å²) < 4.78 is 38.1. The third-order valence-corrected chi connectivity index (χ3v) is 3.46. The van der Waals surface area contributed by atoms with Gasteiger partial charge in [0.15, 0.2) is 4.32 Å². The van der Waals surface area contributed by atoms with Crippen molar-refractivity contribution in [2.45, 2.75) is 12.6 Å². The first-order valence-corrected chi connectivity index (χ1v) is 6.53. The fourth-order valence-electron chi connectivity index (χ4n) is 1.46. The molecule has 2 nitrogen and oxygen atoms in total. The Morgan fingerprint density at radius 3 is 2.78 bits per heavy atom. The standard InChI is InChI=1S/C11H9F3N2S2/c12-11(13,14)7-2-1-3-8(6-7)15-9-4-5-18-10(17)16-9/h1-3,6H,4-5H2,(H,15,16,17). The number of amidine groups is 1. The van der Waals surface area contributed by atoms with E-state index in [0.29, 0.717) is 22.3 Å². The zero-order valence-electron chi connectivity index (χ0n) is 9.12. The molecule has 7 heteroatoms. The largest absolute Gasteiger partial charge is 0.416 e. The quantitative estimate of drug-likeness (QED) is 0.793. The second kappa shape index (κ2) is 5.27. The minimum absolute atomic E-state index is 0.373. The summed E-state index contributed by atoms with van der Waals surface area (Å²) >= 11 is 6.40. The molecule has 0 unspecified atom stereocenters. The van der Waals surface area contributed by atoms with Crippen LogP contribution in [0.2, 0.25) is 0 Å². The number of alkyl halides is 3. The van der Waals surface area contributed by atoms with E-state index in [1.165, 1.54) is 17.8 Å². The van der Waals surface area contributed by atoms with Gasteiger partial charge in [-0.25, -0.2) is 4.99 Å². The lowest BCUT2D eigenvalue weighted by molar-refractivity contribution is -0.137. The van der Waals surface area contributed by atoms with Crippen LogP contribution in [0.3, 0.4) is 0 Å². The fraction of sp³-hybridized carbons (Fsp3) is 0.273. The summed E-state index contributed by atoms with van der Waals surface area (Å²) in [7, 11) is 0. The highest BCUT2D eigenvalue weighted by Gasteiger charge is 2.30. The first-order valence-electron chi connectivity index (χ1n) is 5.14. The van der Waals surface area contributed by atoms with E-state index >= 15 is 0 Å². The van der Waals surface area contributed by atoms with Gasteiger partial charge >= 0.3 is 6.18 Å². The van der Waals surface area contributed by atoms with Crippen molar-refractivity contribution < 1.29 is 13.2 Å². The van der Waals surface area contributed by atoms with Crippen molar-refractivity contribution in [3.8, 4) is 0 Å². The molecule has 0 aromatic heterocycles. The molecule has 1 aliphatic rings. The Balaban J connectivity index is 2.17. The Kier molecular flexibility index (Phi) is 3.91. The van der Waals surface area contributed by atoms with Gasteiger partial charge in [0.1, 0.15) is 5.84 Å². The smallest absolute Gasteiger partial charge is 0.344 e. The van der Waals surface area contributed by atoms with Crippen LogP contribution >= 0.6 is 24.0 Å². The van der Waals surface area contributed by atoms with E-state index in [1.54, 1.807) is 6.07 Å². The minimum Gasteiger partial charge on any atom is -0.344 e. The van der Waals surface area contributed by atoms with E-state index in [0.717, 1.165) is 17.9 Å². The molecular weight excluding hydrogens is 281 g/mol. The number of nitrogens with zero attached hydrogens (tertiary/aromatic N) is 1. The van der Waals surface area contributed by atoms with Gasteiger partial charge in [0, 0.05) is 17.9 Å². The molecule has 1 heterocycles. The number of halogens is 3. The van der Waals surface area contributed by atoms with Gasteiger partial charge in [0.2, 0.25) is 0 Å². The molecule has 18 heavy (non-hydrogen) atoms. The van der Waals surface area contributed by atoms with E-state index in [2.05, 4.69) is 10.3 Å². The molecule has 0 radical (unpaired) electrons. The first kappa shape index (κ1) is 13.4. The number of benzene rings is 1. The predicted octanol–water partition coefficient (Wildman–Crippen LogP) is 3.94. The Hall–Kier alpha value is -1.08. The maximum Gasteiger partial charge on any atom is 0.416 e. The highest BCUT2D eigenvalue weighted by Crippen LogP contribution is 2.30. The van der Waals surface area contributed by atoms with Gasteiger partial charge in [-0.2, -0.15) is 13.2 Å². The lowest BCUT2D eigenvalue weighted by Crippen LogP contribution is -2.18. The van der Waals surface area contributed by atoms with Gasteiger partial charge in [-0.15, -0.1) is 0 Å². The molecule has 1 aliphatic heterocycles. The summed E-state index contributed by atoms with van der Waals surface area (Å²) in [6.07, 6.45) is -3.67. The van der Waals surface area contributed by atoms with Crippen molar-refractivity contribution in [1.82, 2.24) is 0 Å². The van der Waals surface area contributed by atoms with Crippen LogP contribution in [0, 0.1) is 0 Å². The van der Waals surface area contributed by atoms with E-state index in [9.17, 15) is 13.2 Å². The van der Waals surface area contributed by atoms with Crippen molar-refractivity contribution >= 4 is 39.8 Å². The second-order valence-corrected chi connectivity index (χ2v) is 5.36. The molecular formula is C11H9F3N2S2. The number of rotatable bonds is 1. The number of hydrogen-bond acceptors (Lipinski definition) is 3. The van der Waals surface area contributed by atoms with Crippen LogP contribution in [-0.2, 0) is 6.18 Å². The van der Waals surface area contributed by atoms with Crippen molar-refractivity contribution in [1.29, 1.82) is 0 Å². The normalized spacial score (nSPS) is 16.4. The van der Waals surface area contributed by atoms with Crippen LogP contribution in [0.4, 0.5) is 18.9 Å². The Morgan fingerprint density at radius 2 is 2.11 bits per heavy atom. The second-order valence-electron chi connectivity index (χ2n) is 3.63. The van der Waals surface area contributed by atoms with Crippen molar-refractivity contribution in [3.63, 3.8) is 0 Å². The summed E-state index contributed by atoms with van der Waals surface area (Å²) in [5, 5.41) is 2.87. The molecule has 0 saturated heterocycles. The van der Waals surface area contributed by atoms with Crippen LogP contribution in [-0.4, -0.2) is 15.9 Å². The summed E-state index contributed by atoms with van der Waals surface area (Å²) in [6.45, 7) is 0. The SMILES string of the molecule is FC(F)(F)c1cccc(NC2=NC(=S)SCC2)c1. The number of hydrogen-bond donors (Lipinski definition) is 1. The summed E-state index contributed by atoms with van der Waals surface area (Å²) in [4.78, 5) is 4.09. The van der Waals surface area contributed by atoms with E-state index in [-0.39, 0.29) is 0 Å². The summed E-state index contributed by atoms with van der Waals surface area (Å²) in [5.74, 6) is 1.40. The third-order valence-electron chi connectivity index (χ3n) is 2.27. The molecule has 0 amide bonds. The predicted molar refractivity (Wildman–Crippen MR) is 72.2 cm³/mol. The Bertz CT molecular complexity index is 497. The first-order chi connectivity index (χ1) is 8.45. The molecule has 96 valence electrons. The molecule has 1 aromatic rings. The third kappa shape index (κ3) is 3.46. The molecule has 0 saturated carbocycles. The molecule has 1 aromatic carbocycles. The van der Waals surface area contributed by atoms with Gasteiger partial charge in [-0.1, -0.05) is 30.0 Å². The average Bonchev–Trinajstić information content (AvgIpc) is 2.28. The lowest BCUT2D eigenvalue weighted by Gasteiger charge is -2.15. The Morgan fingerprint density at radius 1 is 1.33 bits per heavy atom. The van der Waals surface area contributed by atoms with Crippen LogP contribution in [0.5, 0.6) is 0 Å². The number of anilines is 1. The van der Waals surface area contributed by atoms with Crippen LogP contribution < -0.4 is 5.32 Å². The number of aliphatic imine (C=N–C) groups is 1. The highest BCUT2D eigenvalue weighted by molar-refractivity contribution is 8.23. The van der Waals surface area contributed by atoms with Gasteiger partial charge in [0.05, 0.1) is 5.56 Å². The summed E-state index contributed by atoms with van der Waals surface area (Å²) in [5.41, 5.74) is -0.306. The van der Waals surface area contributed by atoms with E-state index in [1.807, 2.05) is 0 Å². The number of thiocarbonyl (C=S) groups is 1. The topological polar surface area (TPSA) is 24.4 Å². The molecule has 0 spiro atoms. The van der Waals surface area contributed by atoms with Crippen molar-refractivity contribution in [2.75, 3.05) is 11.1 Å². The zero-order chi connectivity index (χ0) is 13.2. The number of nitrogens with one attached hydrogen (secondary N) is 1. The fourth-order valence-corrected chi connectivity index (χ4v) is 2.47.